The minimum absolute atomic E-state index is 0.219. The first-order chi connectivity index (χ1) is 8.49. The molecule has 1 aliphatic heterocycles. The fourth-order valence-electron chi connectivity index (χ4n) is 2.12. The molecule has 1 atom stereocenters. The maximum atomic E-state index is 11.6. The number of sulfone groups is 1. The number of nitrogens with one attached hydrogen (secondary N) is 1. The molecule has 0 spiro atoms. The second-order valence-electron chi connectivity index (χ2n) is 4.50. The first-order valence-electron chi connectivity index (χ1n) is 5.85. The van der Waals surface area contributed by atoms with E-state index in [1.54, 1.807) is 0 Å². The Morgan fingerprint density at radius 1 is 1.44 bits per heavy atom. The number of hydrogen-bond donors (Lipinski definition) is 1. The number of benzene rings is 1. The molecule has 1 aliphatic rings. The summed E-state index contributed by atoms with van der Waals surface area (Å²) in [4.78, 5) is 0. The summed E-state index contributed by atoms with van der Waals surface area (Å²) in [6, 6.07) is 5.60. The minimum atomic E-state index is -2.85. The molecule has 0 saturated carbocycles. The zero-order valence-corrected chi connectivity index (χ0v) is 13.0. The van der Waals surface area contributed by atoms with Crippen molar-refractivity contribution in [3.63, 3.8) is 0 Å². The third-order valence-corrected chi connectivity index (χ3v) is 6.41. The van der Waals surface area contributed by atoms with Crippen LogP contribution in [0.3, 0.4) is 0 Å². The smallest absolute Gasteiger partial charge is 0.154 e. The molecule has 1 heterocycles. The lowest BCUT2D eigenvalue weighted by Crippen LogP contribution is -2.30. The Morgan fingerprint density at radius 2 is 2.22 bits per heavy atom. The fourth-order valence-corrected chi connectivity index (χ4v) is 4.74. The van der Waals surface area contributed by atoms with Gasteiger partial charge in [0, 0.05) is 22.6 Å². The normalized spacial score (nSPS) is 22.2. The molecule has 0 aromatic heterocycles. The van der Waals surface area contributed by atoms with Gasteiger partial charge in [-0.3, -0.25) is 0 Å². The van der Waals surface area contributed by atoms with E-state index in [4.69, 9.17) is 11.6 Å². The maximum absolute atomic E-state index is 11.6. The van der Waals surface area contributed by atoms with Gasteiger partial charge in [-0.05, 0) is 30.5 Å². The second-order valence-corrected chi connectivity index (χ2v) is 8.19. The van der Waals surface area contributed by atoms with Crippen LogP contribution in [0.15, 0.2) is 22.7 Å². The maximum Gasteiger partial charge on any atom is 0.154 e. The van der Waals surface area contributed by atoms with Crippen LogP contribution in [-0.4, -0.2) is 26.0 Å². The predicted molar refractivity (Wildman–Crippen MR) is 77.7 cm³/mol. The minimum Gasteiger partial charge on any atom is -0.311 e. The monoisotopic (exact) mass is 351 g/mol. The van der Waals surface area contributed by atoms with Crippen molar-refractivity contribution in [3.8, 4) is 0 Å². The highest BCUT2D eigenvalue weighted by Gasteiger charge is 2.30. The van der Waals surface area contributed by atoms with Gasteiger partial charge < -0.3 is 5.32 Å². The van der Waals surface area contributed by atoms with Gasteiger partial charge in [-0.1, -0.05) is 33.6 Å². The summed E-state index contributed by atoms with van der Waals surface area (Å²) in [7, 11) is -2.85. The highest BCUT2D eigenvalue weighted by molar-refractivity contribution is 9.10. The van der Waals surface area contributed by atoms with Crippen LogP contribution in [0.1, 0.15) is 18.4 Å². The lowest BCUT2D eigenvalue weighted by molar-refractivity contribution is 0.574. The first-order valence-corrected chi connectivity index (χ1v) is 8.74. The summed E-state index contributed by atoms with van der Waals surface area (Å²) >= 11 is 9.30. The van der Waals surface area contributed by atoms with Gasteiger partial charge in [0.1, 0.15) is 0 Å². The van der Waals surface area contributed by atoms with Crippen LogP contribution in [0.5, 0.6) is 0 Å². The van der Waals surface area contributed by atoms with Crippen molar-refractivity contribution in [1.29, 1.82) is 0 Å². The molecule has 1 unspecified atom stereocenters. The molecule has 0 aliphatic carbocycles. The van der Waals surface area contributed by atoms with Crippen molar-refractivity contribution in [2.24, 2.45) is 0 Å². The van der Waals surface area contributed by atoms with Crippen LogP contribution in [0.25, 0.3) is 0 Å². The van der Waals surface area contributed by atoms with Crippen molar-refractivity contribution in [2.75, 3.05) is 12.3 Å². The van der Waals surface area contributed by atoms with E-state index in [-0.39, 0.29) is 5.25 Å². The quantitative estimate of drug-likeness (QED) is 0.906. The van der Waals surface area contributed by atoms with Crippen molar-refractivity contribution >= 4 is 37.4 Å². The average molecular weight is 353 g/mol. The molecule has 0 bridgehead atoms. The van der Waals surface area contributed by atoms with Crippen LogP contribution in [-0.2, 0) is 16.4 Å². The fraction of sp³-hybridized carbons (Fsp3) is 0.500. The number of halogens is 2. The van der Waals surface area contributed by atoms with Gasteiger partial charge in [0.25, 0.3) is 0 Å². The first kappa shape index (κ1) is 14.3. The SMILES string of the molecule is O=S1(=O)CCCC1CNCc1ccc(Cl)cc1Br. The molecular weight excluding hydrogens is 338 g/mol. The van der Waals surface area contributed by atoms with Gasteiger partial charge in [-0.15, -0.1) is 0 Å². The summed E-state index contributed by atoms with van der Waals surface area (Å²) in [6.45, 7) is 1.17. The van der Waals surface area contributed by atoms with Gasteiger partial charge >= 0.3 is 0 Å². The molecule has 1 aromatic rings. The van der Waals surface area contributed by atoms with E-state index in [9.17, 15) is 8.42 Å². The molecule has 6 heteroatoms. The van der Waals surface area contributed by atoms with Gasteiger partial charge in [0.05, 0.1) is 11.0 Å². The van der Waals surface area contributed by atoms with Crippen LogP contribution >= 0.6 is 27.5 Å². The Hall–Kier alpha value is -0.100. The van der Waals surface area contributed by atoms with E-state index in [2.05, 4.69) is 21.2 Å². The Kier molecular flexibility index (Phi) is 4.69. The van der Waals surface area contributed by atoms with E-state index in [0.717, 1.165) is 22.9 Å². The summed E-state index contributed by atoms with van der Waals surface area (Å²) in [6.07, 6.45) is 1.57. The number of hydrogen-bond acceptors (Lipinski definition) is 3. The average Bonchev–Trinajstić information content (AvgIpc) is 2.61. The summed E-state index contributed by atoms with van der Waals surface area (Å²) in [5, 5.41) is 3.67. The Balaban J connectivity index is 1.89. The molecule has 1 fully saturated rings. The van der Waals surface area contributed by atoms with Gasteiger partial charge in [0.15, 0.2) is 9.84 Å². The van der Waals surface area contributed by atoms with Crippen LogP contribution in [0.4, 0.5) is 0 Å². The largest absolute Gasteiger partial charge is 0.311 e. The standard InChI is InChI=1S/C12H15BrClNO2S/c13-12-6-10(14)4-3-9(12)7-15-8-11-2-1-5-18(11,16)17/h3-4,6,11,15H,1-2,5,7-8H2. The summed E-state index contributed by atoms with van der Waals surface area (Å²) in [5.74, 6) is 0.337. The molecular formula is C12H15BrClNO2S. The Bertz CT molecular complexity index is 533. The third-order valence-electron chi connectivity index (χ3n) is 3.17. The highest BCUT2D eigenvalue weighted by Crippen LogP contribution is 2.22. The lowest BCUT2D eigenvalue weighted by Gasteiger charge is -2.11. The lowest BCUT2D eigenvalue weighted by atomic mass is 10.2. The molecule has 100 valence electrons. The zero-order chi connectivity index (χ0) is 13.2. The Morgan fingerprint density at radius 3 is 2.83 bits per heavy atom. The van der Waals surface area contributed by atoms with E-state index in [1.165, 1.54) is 0 Å². The summed E-state index contributed by atoms with van der Waals surface area (Å²) < 4.78 is 24.2. The van der Waals surface area contributed by atoms with Crippen LogP contribution in [0, 0.1) is 0 Å². The topological polar surface area (TPSA) is 46.2 Å². The van der Waals surface area contributed by atoms with Crippen molar-refractivity contribution in [1.82, 2.24) is 5.32 Å². The van der Waals surface area contributed by atoms with Crippen LogP contribution < -0.4 is 5.32 Å². The molecule has 1 saturated heterocycles. The van der Waals surface area contributed by atoms with E-state index in [1.807, 2.05) is 18.2 Å². The van der Waals surface area contributed by atoms with Gasteiger partial charge in [-0.2, -0.15) is 0 Å². The molecule has 0 amide bonds. The third kappa shape index (κ3) is 3.47. The van der Waals surface area contributed by atoms with E-state index >= 15 is 0 Å². The highest BCUT2D eigenvalue weighted by atomic mass is 79.9. The molecule has 18 heavy (non-hydrogen) atoms. The predicted octanol–water partition coefficient (Wildman–Crippen LogP) is 2.77. The Labute approximate surface area is 121 Å². The van der Waals surface area contributed by atoms with Crippen molar-refractivity contribution in [3.05, 3.63) is 33.3 Å². The van der Waals surface area contributed by atoms with Gasteiger partial charge in [-0.25, -0.2) is 8.42 Å². The molecule has 1 N–H and O–H groups in total. The van der Waals surface area contributed by atoms with Crippen molar-refractivity contribution < 1.29 is 8.42 Å². The zero-order valence-electron chi connectivity index (χ0n) is 9.83. The summed E-state index contributed by atoms with van der Waals surface area (Å²) in [5.41, 5.74) is 1.08. The van der Waals surface area contributed by atoms with E-state index < -0.39 is 9.84 Å². The van der Waals surface area contributed by atoms with Crippen LogP contribution in [0.2, 0.25) is 5.02 Å². The van der Waals surface area contributed by atoms with Crippen molar-refractivity contribution in [2.45, 2.75) is 24.6 Å². The molecule has 0 radical (unpaired) electrons. The number of rotatable bonds is 4. The van der Waals surface area contributed by atoms with E-state index in [0.29, 0.717) is 23.9 Å². The second kappa shape index (κ2) is 5.90. The molecule has 2 rings (SSSR count). The van der Waals surface area contributed by atoms with Gasteiger partial charge in [0.2, 0.25) is 0 Å². The molecule has 1 aromatic carbocycles. The molecule has 3 nitrogen and oxygen atoms in total.